The Labute approximate surface area is 181 Å². The first kappa shape index (κ1) is 19.5. The van der Waals surface area contributed by atoms with Gasteiger partial charge in [0.15, 0.2) is 0 Å². The Hall–Kier alpha value is -3.41. The first-order chi connectivity index (χ1) is 15.2. The van der Waals surface area contributed by atoms with E-state index in [0.29, 0.717) is 18.4 Å². The zero-order chi connectivity index (χ0) is 21.2. The van der Waals surface area contributed by atoms with Crippen LogP contribution in [0.4, 0.5) is 0 Å². The monoisotopic (exact) mass is 413 g/mol. The molecule has 5 rings (SSSR count). The third-order valence-corrected chi connectivity index (χ3v) is 6.36. The van der Waals surface area contributed by atoms with Gasteiger partial charge in [-0.25, -0.2) is 0 Å². The molecule has 158 valence electrons. The van der Waals surface area contributed by atoms with Crippen LogP contribution in [0.1, 0.15) is 25.3 Å². The first-order valence-electron chi connectivity index (χ1n) is 10.9. The second-order valence-electron chi connectivity index (χ2n) is 8.57. The Morgan fingerprint density at radius 3 is 2.87 bits per heavy atom. The SMILES string of the molecule is C[C@H]1CC(Cn2ccc3cc(-c4cn[nH]c4)ncc32)CN1C(=O)CCc1ccccc1. The average Bonchev–Trinajstić information content (AvgIpc) is 3.53. The van der Waals surface area contributed by atoms with Crippen LogP contribution >= 0.6 is 0 Å². The van der Waals surface area contributed by atoms with Gasteiger partial charge in [0.1, 0.15) is 0 Å². The molecule has 0 bridgehead atoms. The highest BCUT2D eigenvalue weighted by Crippen LogP contribution is 2.28. The molecule has 0 spiro atoms. The summed E-state index contributed by atoms with van der Waals surface area (Å²) in [5.74, 6) is 0.725. The molecule has 6 heteroatoms. The smallest absolute Gasteiger partial charge is 0.223 e. The number of nitrogens with one attached hydrogen (secondary N) is 1. The number of carbonyl (C=O) groups excluding carboxylic acids is 1. The lowest BCUT2D eigenvalue weighted by atomic mass is 10.1. The lowest BCUT2D eigenvalue weighted by Gasteiger charge is -2.21. The maximum absolute atomic E-state index is 12.8. The van der Waals surface area contributed by atoms with E-state index in [9.17, 15) is 4.79 Å². The average molecular weight is 414 g/mol. The third kappa shape index (κ3) is 4.10. The fourth-order valence-corrected chi connectivity index (χ4v) is 4.74. The fourth-order valence-electron chi connectivity index (χ4n) is 4.74. The number of fused-ring (bicyclic) bond motifs is 1. The molecular weight excluding hydrogens is 386 g/mol. The van der Waals surface area contributed by atoms with E-state index in [-0.39, 0.29) is 5.91 Å². The van der Waals surface area contributed by atoms with Crippen LogP contribution in [0.3, 0.4) is 0 Å². The fraction of sp³-hybridized carbons (Fsp3) is 0.320. The predicted octanol–water partition coefficient (Wildman–Crippen LogP) is 4.30. The van der Waals surface area contributed by atoms with Crippen molar-refractivity contribution < 1.29 is 4.79 Å². The summed E-state index contributed by atoms with van der Waals surface area (Å²) in [4.78, 5) is 19.5. The van der Waals surface area contributed by atoms with E-state index in [1.165, 1.54) is 10.9 Å². The number of benzene rings is 1. The number of amides is 1. The quantitative estimate of drug-likeness (QED) is 0.513. The first-order valence-corrected chi connectivity index (χ1v) is 10.9. The van der Waals surface area contributed by atoms with E-state index >= 15 is 0 Å². The molecule has 1 aromatic carbocycles. The summed E-state index contributed by atoms with van der Waals surface area (Å²) in [7, 11) is 0. The maximum Gasteiger partial charge on any atom is 0.223 e. The number of aryl methyl sites for hydroxylation is 1. The van der Waals surface area contributed by atoms with E-state index in [2.05, 4.69) is 62.0 Å². The van der Waals surface area contributed by atoms with Crippen molar-refractivity contribution in [2.75, 3.05) is 6.54 Å². The molecule has 0 aliphatic carbocycles. The van der Waals surface area contributed by atoms with Gasteiger partial charge in [0.2, 0.25) is 5.91 Å². The summed E-state index contributed by atoms with van der Waals surface area (Å²) in [6.07, 6.45) is 10.1. The number of nitrogens with zero attached hydrogens (tertiary/aromatic N) is 4. The van der Waals surface area contributed by atoms with Crippen molar-refractivity contribution >= 4 is 16.8 Å². The van der Waals surface area contributed by atoms with Gasteiger partial charge in [-0.05, 0) is 43.4 Å². The van der Waals surface area contributed by atoms with Gasteiger partial charge in [0.25, 0.3) is 0 Å². The summed E-state index contributed by atoms with van der Waals surface area (Å²) < 4.78 is 2.27. The lowest BCUT2D eigenvalue weighted by Crippen LogP contribution is -2.34. The van der Waals surface area contributed by atoms with Crippen LogP contribution in [0.2, 0.25) is 0 Å². The van der Waals surface area contributed by atoms with Gasteiger partial charge < -0.3 is 9.47 Å². The Balaban J connectivity index is 1.23. The number of aromatic amines is 1. The molecule has 6 nitrogen and oxygen atoms in total. The van der Waals surface area contributed by atoms with Crippen molar-refractivity contribution in [2.24, 2.45) is 5.92 Å². The van der Waals surface area contributed by atoms with E-state index in [1.54, 1.807) is 6.20 Å². The van der Waals surface area contributed by atoms with E-state index in [1.807, 2.05) is 30.6 Å². The second kappa shape index (κ2) is 8.38. The van der Waals surface area contributed by atoms with E-state index < -0.39 is 0 Å². The van der Waals surface area contributed by atoms with Crippen LogP contribution in [-0.4, -0.2) is 43.1 Å². The Morgan fingerprint density at radius 1 is 1.19 bits per heavy atom. The van der Waals surface area contributed by atoms with Crippen molar-refractivity contribution in [1.29, 1.82) is 0 Å². The van der Waals surface area contributed by atoms with Crippen LogP contribution in [-0.2, 0) is 17.8 Å². The molecule has 1 saturated heterocycles. The molecule has 4 heterocycles. The molecule has 3 aromatic heterocycles. The zero-order valence-corrected chi connectivity index (χ0v) is 17.7. The molecule has 2 atom stereocenters. The molecule has 1 aliphatic rings. The molecule has 1 N–H and O–H groups in total. The third-order valence-electron chi connectivity index (χ3n) is 6.36. The summed E-state index contributed by atoms with van der Waals surface area (Å²) >= 11 is 0. The van der Waals surface area contributed by atoms with Crippen molar-refractivity contribution in [3.63, 3.8) is 0 Å². The number of hydrogen-bond donors (Lipinski definition) is 1. The Bertz CT molecular complexity index is 1170. The minimum atomic E-state index is 0.266. The number of hydrogen-bond acceptors (Lipinski definition) is 3. The molecule has 1 aliphatic heterocycles. The van der Waals surface area contributed by atoms with Crippen molar-refractivity contribution in [1.82, 2.24) is 24.6 Å². The molecule has 4 aromatic rings. The molecule has 0 radical (unpaired) electrons. The van der Waals surface area contributed by atoms with E-state index in [0.717, 1.165) is 42.7 Å². The molecule has 31 heavy (non-hydrogen) atoms. The van der Waals surface area contributed by atoms with Crippen molar-refractivity contribution in [3.8, 4) is 11.3 Å². The predicted molar refractivity (Wildman–Crippen MR) is 121 cm³/mol. The summed E-state index contributed by atoms with van der Waals surface area (Å²) in [5, 5.41) is 8.02. The largest absolute Gasteiger partial charge is 0.346 e. The highest BCUT2D eigenvalue weighted by molar-refractivity contribution is 5.83. The van der Waals surface area contributed by atoms with Gasteiger partial charge >= 0.3 is 0 Å². The normalized spacial score (nSPS) is 18.7. The number of H-pyrrole nitrogens is 1. The topological polar surface area (TPSA) is 66.8 Å². The molecule has 1 unspecified atom stereocenters. The van der Waals surface area contributed by atoms with Gasteiger partial charge in [-0.1, -0.05) is 30.3 Å². The van der Waals surface area contributed by atoms with E-state index in [4.69, 9.17) is 0 Å². The van der Waals surface area contributed by atoms with Crippen LogP contribution in [0.15, 0.2) is 67.3 Å². The van der Waals surface area contributed by atoms with Crippen LogP contribution in [0, 0.1) is 5.92 Å². The van der Waals surface area contributed by atoms with Gasteiger partial charge in [-0.3, -0.25) is 14.9 Å². The van der Waals surface area contributed by atoms with Gasteiger partial charge in [0, 0.05) is 48.9 Å². The van der Waals surface area contributed by atoms with Crippen LogP contribution in [0.5, 0.6) is 0 Å². The highest BCUT2D eigenvalue weighted by atomic mass is 16.2. The summed E-state index contributed by atoms with van der Waals surface area (Å²) in [5.41, 5.74) is 4.27. The van der Waals surface area contributed by atoms with Gasteiger partial charge in [-0.2, -0.15) is 5.10 Å². The second-order valence-corrected chi connectivity index (χ2v) is 8.57. The molecular formula is C25H27N5O. The van der Waals surface area contributed by atoms with Gasteiger partial charge in [0.05, 0.1) is 23.6 Å². The number of aromatic nitrogens is 4. The standard InChI is InChI=1S/C25H27N5O/c1-18-11-20(17-30(18)25(31)8-7-19-5-3-2-4-6-19)16-29-10-9-21-12-23(26-15-24(21)29)22-13-27-28-14-22/h2-6,9-10,12-15,18,20H,7-8,11,16-17H2,1H3,(H,27,28)/t18-,20?/m0/s1. The number of likely N-dealkylation sites (tertiary alicyclic amines) is 1. The molecule has 1 fully saturated rings. The lowest BCUT2D eigenvalue weighted by molar-refractivity contribution is -0.131. The van der Waals surface area contributed by atoms with Crippen LogP contribution in [0.25, 0.3) is 22.2 Å². The van der Waals surface area contributed by atoms with Crippen molar-refractivity contribution in [2.45, 2.75) is 38.8 Å². The highest BCUT2D eigenvalue weighted by Gasteiger charge is 2.32. The number of carbonyl (C=O) groups is 1. The van der Waals surface area contributed by atoms with Crippen LogP contribution < -0.4 is 0 Å². The maximum atomic E-state index is 12.8. The zero-order valence-electron chi connectivity index (χ0n) is 17.7. The van der Waals surface area contributed by atoms with Gasteiger partial charge in [-0.15, -0.1) is 0 Å². The molecule has 0 saturated carbocycles. The van der Waals surface area contributed by atoms with Crippen molar-refractivity contribution in [3.05, 3.63) is 72.8 Å². The summed E-state index contributed by atoms with van der Waals surface area (Å²) in [6, 6.07) is 14.8. The summed E-state index contributed by atoms with van der Waals surface area (Å²) in [6.45, 7) is 3.91. The number of rotatable bonds is 6. The minimum Gasteiger partial charge on any atom is -0.346 e. The Kier molecular flexibility index (Phi) is 5.28. The molecule has 1 amide bonds. The minimum absolute atomic E-state index is 0.266. The Morgan fingerprint density at radius 2 is 2.06 bits per heavy atom. The number of pyridine rings is 1.